The van der Waals surface area contributed by atoms with Gasteiger partial charge in [0.15, 0.2) is 11.2 Å². The SMILES string of the molecule is Cc1cccc(OCC(O)Cn2c(N3CCCCCC3)nc3c2c(=O)[nH]c(=O)n3C)c1. The third-order valence-electron chi connectivity index (χ3n) is 5.70. The van der Waals surface area contributed by atoms with E-state index in [1.54, 1.807) is 11.6 Å². The number of H-pyrrole nitrogens is 1. The molecule has 0 aliphatic carbocycles. The van der Waals surface area contributed by atoms with Gasteiger partial charge in [-0.1, -0.05) is 25.0 Å². The van der Waals surface area contributed by atoms with Gasteiger partial charge in [0.05, 0.1) is 6.54 Å². The minimum Gasteiger partial charge on any atom is -0.491 e. The standard InChI is InChI=1S/C22H29N5O4/c1-15-8-7-9-17(12-15)31-14-16(28)13-27-18-19(25(2)22(30)24-20(18)29)23-21(27)26-10-5-3-4-6-11-26/h7-9,12,16,28H,3-6,10-11,13-14H2,1-2H3,(H,24,29,30). The first-order valence-corrected chi connectivity index (χ1v) is 10.8. The fourth-order valence-electron chi connectivity index (χ4n) is 4.07. The lowest BCUT2D eigenvalue weighted by atomic mass is 10.2. The van der Waals surface area contributed by atoms with Gasteiger partial charge in [-0.15, -0.1) is 0 Å². The van der Waals surface area contributed by atoms with Crippen molar-refractivity contribution in [2.75, 3.05) is 24.6 Å². The molecule has 166 valence electrons. The fraction of sp³-hybridized carbons (Fsp3) is 0.500. The number of anilines is 1. The number of imidazole rings is 1. The van der Waals surface area contributed by atoms with Crippen LogP contribution in [-0.4, -0.2) is 50.0 Å². The number of aromatic amines is 1. The van der Waals surface area contributed by atoms with Crippen molar-refractivity contribution in [1.29, 1.82) is 0 Å². The number of nitrogens with zero attached hydrogens (tertiary/aromatic N) is 4. The maximum atomic E-state index is 12.7. The van der Waals surface area contributed by atoms with Crippen molar-refractivity contribution in [2.45, 2.75) is 45.3 Å². The van der Waals surface area contributed by atoms with Gasteiger partial charge < -0.3 is 19.3 Å². The van der Waals surface area contributed by atoms with E-state index in [1.165, 1.54) is 4.57 Å². The molecule has 0 saturated carbocycles. The Morgan fingerprint density at radius 2 is 1.94 bits per heavy atom. The third kappa shape index (κ3) is 4.51. The third-order valence-corrected chi connectivity index (χ3v) is 5.70. The van der Waals surface area contributed by atoms with Crippen LogP contribution < -0.4 is 20.9 Å². The molecule has 9 heteroatoms. The van der Waals surface area contributed by atoms with Crippen LogP contribution in [0.4, 0.5) is 5.95 Å². The van der Waals surface area contributed by atoms with Crippen LogP contribution in [0.1, 0.15) is 31.2 Å². The molecular formula is C22H29N5O4. The summed E-state index contributed by atoms with van der Waals surface area (Å²) in [6, 6.07) is 7.63. The Bertz CT molecular complexity index is 1170. The summed E-state index contributed by atoms with van der Waals surface area (Å²) >= 11 is 0. The van der Waals surface area contributed by atoms with E-state index in [1.807, 2.05) is 31.2 Å². The zero-order valence-corrected chi connectivity index (χ0v) is 18.0. The summed E-state index contributed by atoms with van der Waals surface area (Å²) in [5.41, 5.74) is 0.672. The van der Waals surface area contributed by atoms with Crippen LogP contribution in [0.3, 0.4) is 0 Å². The molecule has 1 aromatic carbocycles. The normalized spacial score (nSPS) is 15.8. The summed E-state index contributed by atoms with van der Waals surface area (Å²) in [6.07, 6.45) is 3.53. The topological polar surface area (TPSA) is 105 Å². The first-order chi connectivity index (χ1) is 14.9. The number of ether oxygens (including phenoxy) is 1. The quantitative estimate of drug-likeness (QED) is 0.618. The molecule has 4 rings (SSSR count). The second-order valence-corrected chi connectivity index (χ2v) is 8.20. The van der Waals surface area contributed by atoms with Gasteiger partial charge in [0.25, 0.3) is 5.56 Å². The monoisotopic (exact) mass is 427 g/mol. The average molecular weight is 428 g/mol. The Morgan fingerprint density at radius 3 is 2.65 bits per heavy atom. The van der Waals surface area contributed by atoms with Crippen LogP contribution in [0.2, 0.25) is 0 Å². The lowest BCUT2D eigenvalue weighted by Gasteiger charge is -2.23. The van der Waals surface area contributed by atoms with Crippen molar-refractivity contribution in [3.8, 4) is 5.75 Å². The summed E-state index contributed by atoms with van der Waals surface area (Å²) in [6.45, 7) is 3.84. The van der Waals surface area contributed by atoms with E-state index in [4.69, 9.17) is 4.74 Å². The molecule has 0 amide bonds. The molecular weight excluding hydrogens is 398 g/mol. The zero-order chi connectivity index (χ0) is 22.0. The minimum atomic E-state index is -0.861. The van der Waals surface area contributed by atoms with Crippen LogP contribution in [-0.2, 0) is 13.6 Å². The van der Waals surface area contributed by atoms with E-state index in [0.717, 1.165) is 44.3 Å². The molecule has 1 unspecified atom stereocenters. The Balaban J connectivity index is 1.67. The summed E-state index contributed by atoms with van der Waals surface area (Å²) in [5, 5.41) is 10.7. The number of hydrogen-bond donors (Lipinski definition) is 2. The minimum absolute atomic E-state index is 0.0756. The van der Waals surface area contributed by atoms with E-state index in [-0.39, 0.29) is 18.7 Å². The molecule has 31 heavy (non-hydrogen) atoms. The van der Waals surface area contributed by atoms with Crippen LogP contribution in [0.25, 0.3) is 11.2 Å². The Labute approximate surface area is 179 Å². The number of rotatable bonds is 6. The predicted octanol–water partition coefficient (Wildman–Crippen LogP) is 1.55. The summed E-state index contributed by atoms with van der Waals surface area (Å²) < 4.78 is 8.81. The fourth-order valence-corrected chi connectivity index (χ4v) is 4.07. The van der Waals surface area contributed by atoms with E-state index < -0.39 is 17.4 Å². The number of nitrogens with one attached hydrogen (secondary N) is 1. The summed E-state index contributed by atoms with van der Waals surface area (Å²) in [5.74, 6) is 1.29. The highest BCUT2D eigenvalue weighted by atomic mass is 16.5. The van der Waals surface area contributed by atoms with Gasteiger partial charge in [-0.05, 0) is 37.5 Å². The molecule has 1 saturated heterocycles. The van der Waals surface area contributed by atoms with Crippen molar-refractivity contribution >= 4 is 17.1 Å². The van der Waals surface area contributed by atoms with Crippen LogP contribution in [0, 0.1) is 6.92 Å². The summed E-state index contributed by atoms with van der Waals surface area (Å²) in [4.78, 5) is 33.9. The van der Waals surface area contributed by atoms with Crippen molar-refractivity contribution in [3.05, 3.63) is 50.7 Å². The smallest absolute Gasteiger partial charge is 0.329 e. The van der Waals surface area contributed by atoms with Crippen molar-refractivity contribution in [1.82, 2.24) is 19.1 Å². The van der Waals surface area contributed by atoms with Crippen LogP contribution >= 0.6 is 0 Å². The van der Waals surface area contributed by atoms with Crippen molar-refractivity contribution in [3.63, 3.8) is 0 Å². The van der Waals surface area contributed by atoms with Gasteiger partial charge in [-0.3, -0.25) is 14.3 Å². The molecule has 1 fully saturated rings. The summed E-state index contributed by atoms with van der Waals surface area (Å²) in [7, 11) is 1.58. The maximum absolute atomic E-state index is 12.7. The molecule has 3 heterocycles. The van der Waals surface area contributed by atoms with Crippen molar-refractivity contribution in [2.24, 2.45) is 7.05 Å². The highest BCUT2D eigenvalue weighted by molar-refractivity contribution is 5.74. The molecule has 0 spiro atoms. The van der Waals surface area contributed by atoms with E-state index in [0.29, 0.717) is 17.3 Å². The van der Waals surface area contributed by atoms with Gasteiger partial charge in [0, 0.05) is 20.1 Å². The number of aryl methyl sites for hydroxylation is 2. The highest BCUT2D eigenvalue weighted by Gasteiger charge is 2.24. The highest BCUT2D eigenvalue weighted by Crippen LogP contribution is 2.23. The first-order valence-electron chi connectivity index (χ1n) is 10.8. The zero-order valence-electron chi connectivity index (χ0n) is 18.0. The maximum Gasteiger partial charge on any atom is 0.329 e. The van der Waals surface area contributed by atoms with E-state index >= 15 is 0 Å². The Hall–Kier alpha value is -3.07. The molecule has 0 bridgehead atoms. The molecule has 1 atom stereocenters. The number of fused-ring (bicyclic) bond motifs is 1. The van der Waals surface area contributed by atoms with Gasteiger partial charge in [-0.2, -0.15) is 4.98 Å². The van der Waals surface area contributed by atoms with Gasteiger partial charge in [0.1, 0.15) is 18.5 Å². The van der Waals surface area contributed by atoms with Gasteiger partial charge in [-0.25, -0.2) is 4.79 Å². The molecule has 1 aliphatic rings. The molecule has 9 nitrogen and oxygen atoms in total. The van der Waals surface area contributed by atoms with Crippen LogP contribution in [0.5, 0.6) is 5.75 Å². The van der Waals surface area contributed by atoms with E-state index in [2.05, 4.69) is 14.9 Å². The van der Waals surface area contributed by atoms with Crippen molar-refractivity contribution < 1.29 is 9.84 Å². The molecule has 3 aromatic rings. The Morgan fingerprint density at radius 1 is 1.19 bits per heavy atom. The van der Waals surface area contributed by atoms with E-state index in [9.17, 15) is 14.7 Å². The van der Waals surface area contributed by atoms with Gasteiger partial charge >= 0.3 is 5.69 Å². The lowest BCUT2D eigenvalue weighted by Crippen LogP contribution is -2.32. The van der Waals surface area contributed by atoms with Gasteiger partial charge in [0.2, 0.25) is 5.95 Å². The Kier molecular flexibility index (Phi) is 6.13. The second-order valence-electron chi connectivity index (χ2n) is 8.20. The molecule has 1 aliphatic heterocycles. The molecule has 0 radical (unpaired) electrons. The number of hydrogen-bond acceptors (Lipinski definition) is 6. The molecule has 2 N–H and O–H groups in total. The number of aliphatic hydroxyl groups is 1. The molecule has 2 aromatic heterocycles. The average Bonchev–Trinajstić information content (AvgIpc) is 2.92. The predicted molar refractivity (Wildman–Crippen MR) is 119 cm³/mol. The first kappa shape index (κ1) is 21.2. The second kappa shape index (κ2) is 8.97. The van der Waals surface area contributed by atoms with Crippen LogP contribution in [0.15, 0.2) is 33.9 Å². The number of benzene rings is 1. The number of aliphatic hydroxyl groups excluding tert-OH is 1. The largest absolute Gasteiger partial charge is 0.491 e. The lowest BCUT2D eigenvalue weighted by molar-refractivity contribution is 0.0936. The number of aromatic nitrogens is 4.